The number of hydrogen-bond acceptors (Lipinski definition) is 6. The summed E-state index contributed by atoms with van der Waals surface area (Å²) in [6, 6.07) is 0. The Labute approximate surface area is 369 Å². The van der Waals surface area contributed by atoms with E-state index in [1.807, 2.05) is 0 Å². The third-order valence-electron chi connectivity index (χ3n) is 10.1. The van der Waals surface area contributed by atoms with Crippen LogP contribution in [-0.4, -0.2) is 37.2 Å². The molecule has 0 amide bonds. The van der Waals surface area contributed by atoms with Crippen molar-refractivity contribution < 1.29 is 28.6 Å². The number of carbonyl (C=O) groups is 3. The molecule has 0 heterocycles. The first-order chi connectivity index (χ1) is 29.5. The molecule has 6 nitrogen and oxygen atoms in total. The van der Waals surface area contributed by atoms with Gasteiger partial charge >= 0.3 is 17.9 Å². The maximum atomic E-state index is 12.8. The highest BCUT2D eigenvalue weighted by molar-refractivity contribution is 5.71. The molecule has 0 N–H and O–H groups in total. The molecule has 0 aromatic heterocycles. The Morgan fingerprint density at radius 2 is 0.683 bits per heavy atom. The van der Waals surface area contributed by atoms with Gasteiger partial charge in [-0.05, 0) is 103 Å². The maximum absolute atomic E-state index is 12.8. The molecule has 1 atom stereocenters. The highest BCUT2D eigenvalue weighted by Gasteiger charge is 2.19. The topological polar surface area (TPSA) is 78.9 Å². The Bertz CT molecular complexity index is 1190. The van der Waals surface area contributed by atoms with Crippen LogP contribution in [0.2, 0.25) is 0 Å². The normalized spacial score (nSPS) is 12.8. The molecule has 0 aliphatic heterocycles. The van der Waals surface area contributed by atoms with E-state index in [0.29, 0.717) is 19.3 Å². The largest absolute Gasteiger partial charge is 0.462 e. The molecular weight excluding hydrogens is 745 g/mol. The van der Waals surface area contributed by atoms with E-state index in [1.54, 1.807) is 0 Å². The summed E-state index contributed by atoms with van der Waals surface area (Å²) in [5.74, 6) is -0.985. The van der Waals surface area contributed by atoms with Crippen molar-refractivity contribution in [1.29, 1.82) is 0 Å². The molecular formula is C54H90O6. The van der Waals surface area contributed by atoms with Crippen LogP contribution in [0.1, 0.15) is 220 Å². The van der Waals surface area contributed by atoms with E-state index in [-0.39, 0.29) is 37.5 Å². The number of hydrogen-bond donors (Lipinski definition) is 0. The molecule has 0 radical (unpaired) electrons. The van der Waals surface area contributed by atoms with Crippen LogP contribution in [0.3, 0.4) is 0 Å². The molecule has 0 saturated carbocycles. The lowest BCUT2D eigenvalue weighted by atomic mass is 10.1. The molecule has 342 valence electrons. The Morgan fingerprint density at radius 1 is 0.350 bits per heavy atom. The fraction of sp³-hybridized carbons (Fsp3) is 0.685. The molecule has 0 aromatic rings. The molecule has 0 aromatic carbocycles. The van der Waals surface area contributed by atoms with Gasteiger partial charge in [-0.15, -0.1) is 0 Å². The minimum Gasteiger partial charge on any atom is -0.462 e. The first kappa shape index (κ1) is 56.6. The highest BCUT2D eigenvalue weighted by Crippen LogP contribution is 2.13. The van der Waals surface area contributed by atoms with Crippen LogP contribution in [0.25, 0.3) is 0 Å². The second-order valence-electron chi connectivity index (χ2n) is 16.0. The summed E-state index contributed by atoms with van der Waals surface area (Å²) in [6.07, 6.45) is 61.4. The van der Waals surface area contributed by atoms with E-state index in [0.717, 1.165) is 96.3 Å². The van der Waals surface area contributed by atoms with Gasteiger partial charge in [0.1, 0.15) is 13.2 Å². The zero-order chi connectivity index (χ0) is 43.7. The number of esters is 3. The van der Waals surface area contributed by atoms with Crippen molar-refractivity contribution in [3.63, 3.8) is 0 Å². The highest BCUT2D eigenvalue weighted by atomic mass is 16.6. The Balaban J connectivity index is 4.48. The summed E-state index contributed by atoms with van der Waals surface area (Å²) in [5, 5.41) is 0. The first-order valence-corrected chi connectivity index (χ1v) is 24.6. The van der Waals surface area contributed by atoms with E-state index < -0.39 is 6.10 Å². The average Bonchev–Trinajstić information content (AvgIpc) is 3.24. The third kappa shape index (κ3) is 45.7. The molecule has 1 unspecified atom stereocenters. The molecule has 0 fully saturated rings. The van der Waals surface area contributed by atoms with E-state index >= 15 is 0 Å². The number of rotatable bonds is 43. The fourth-order valence-corrected chi connectivity index (χ4v) is 6.39. The van der Waals surface area contributed by atoms with Crippen molar-refractivity contribution in [1.82, 2.24) is 0 Å². The van der Waals surface area contributed by atoms with Crippen LogP contribution in [0, 0.1) is 0 Å². The van der Waals surface area contributed by atoms with Crippen molar-refractivity contribution in [3.05, 3.63) is 85.1 Å². The SMILES string of the molecule is CC/C=C\C/C=C\C/C=C\C/C=C\C/C=C\CCCC(=O)OCC(COC(=O)CCCCCC/C=C\CCCC)OC(=O)CCCCCCCCC/C=C\CCCCCC. The Morgan fingerprint density at radius 3 is 1.15 bits per heavy atom. The van der Waals surface area contributed by atoms with Crippen LogP contribution in [0.5, 0.6) is 0 Å². The van der Waals surface area contributed by atoms with Gasteiger partial charge in [-0.25, -0.2) is 0 Å². The standard InChI is InChI=1S/C54H90O6/c1-4-7-10-13-16-19-22-24-26-27-29-30-32-35-38-41-44-47-53(56)59-50-51(49-58-52(55)46-43-40-37-34-21-18-15-12-9-6-3)60-54(57)48-45-42-39-36-33-31-28-25-23-20-17-14-11-8-5-2/h7,10,15-16,18-20,23-24,26,29-30,35,38,51H,4-6,8-9,11-14,17,21-22,25,27-28,31-34,36-37,39-50H2,1-3H3/b10-7-,18-15-,19-16-,23-20-,26-24-,30-29-,38-35-. The van der Waals surface area contributed by atoms with E-state index in [4.69, 9.17) is 14.2 Å². The lowest BCUT2D eigenvalue weighted by molar-refractivity contribution is -0.167. The monoisotopic (exact) mass is 835 g/mol. The zero-order valence-electron chi connectivity index (χ0n) is 38.9. The van der Waals surface area contributed by atoms with Crippen molar-refractivity contribution in [2.24, 2.45) is 0 Å². The molecule has 6 heteroatoms. The van der Waals surface area contributed by atoms with Gasteiger partial charge in [0.25, 0.3) is 0 Å². The fourth-order valence-electron chi connectivity index (χ4n) is 6.39. The molecule has 0 aliphatic rings. The van der Waals surface area contributed by atoms with E-state index in [2.05, 4.69) is 106 Å². The molecule has 0 bridgehead atoms. The van der Waals surface area contributed by atoms with E-state index in [9.17, 15) is 14.4 Å². The quantitative estimate of drug-likeness (QED) is 0.0263. The molecule has 0 spiro atoms. The number of allylic oxidation sites excluding steroid dienone is 14. The van der Waals surface area contributed by atoms with Crippen molar-refractivity contribution in [2.75, 3.05) is 13.2 Å². The van der Waals surface area contributed by atoms with Gasteiger partial charge in [0.15, 0.2) is 6.10 Å². The molecule has 0 aliphatic carbocycles. The van der Waals surface area contributed by atoms with Gasteiger partial charge in [0, 0.05) is 19.3 Å². The van der Waals surface area contributed by atoms with Crippen LogP contribution in [-0.2, 0) is 28.6 Å². The zero-order valence-corrected chi connectivity index (χ0v) is 38.9. The van der Waals surface area contributed by atoms with Crippen LogP contribution < -0.4 is 0 Å². The first-order valence-electron chi connectivity index (χ1n) is 24.6. The summed E-state index contributed by atoms with van der Waals surface area (Å²) in [5.41, 5.74) is 0. The van der Waals surface area contributed by atoms with Gasteiger partial charge in [-0.2, -0.15) is 0 Å². The van der Waals surface area contributed by atoms with Gasteiger partial charge in [-0.1, -0.05) is 183 Å². The number of carbonyl (C=O) groups excluding carboxylic acids is 3. The van der Waals surface area contributed by atoms with Crippen LogP contribution >= 0.6 is 0 Å². The molecule has 60 heavy (non-hydrogen) atoms. The van der Waals surface area contributed by atoms with E-state index in [1.165, 1.54) is 77.0 Å². The predicted molar refractivity (Wildman–Crippen MR) is 256 cm³/mol. The summed E-state index contributed by atoms with van der Waals surface area (Å²) in [6.45, 7) is 6.39. The van der Waals surface area contributed by atoms with Gasteiger partial charge < -0.3 is 14.2 Å². The molecule has 0 rings (SSSR count). The average molecular weight is 835 g/mol. The van der Waals surface area contributed by atoms with Crippen LogP contribution in [0.4, 0.5) is 0 Å². The minimum absolute atomic E-state index is 0.103. The number of ether oxygens (including phenoxy) is 3. The second kappa shape index (κ2) is 48.3. The van der Waals surface area contributed by atoms with Gasteiger partial charge in [0.05, 0.1) is 0 Å². The molecule has 0 saturated heterocycles. The Hall–Kier alpha value is -3.41. The van der Waals surface area contributed by atoms with Crippen molar-refractivity contribution in [3.8, 4) is 0 Å². The second-order valence-corrected chi connectivity index (χ2v) is 16.0. The van der Waals surface area contributed by atoms with Crippen molar-refractivity contribution >= 4 is 17.9 Å². The minimum atomic E-state index is -0.804. The van der Waals surface area contributed by atoms with Gasteiger partial charge in [-0.3, -0.25) is 14.4 Å². The number of unbranched alkanes of at least 4 members (excludes halogenated alkanes) is 18. The summed E-state index contributed by atoms with van der Waals surface area (Å²) >= 11 is 0. The van der Waals surface area contributed by atoms with Crippen molar-refractivity contribution in [2.45, 2.75) is 226 Å². The smallest absolute Gasteiger partial charge is 0.306 e. The van der Waals surface area contributed by atoms with Crippen LogP contribution in [0.15, 0.2) is 85.1 Å². The summed E-state index contributed by atoms with van der Waals surface area (Å²) in [4.78, 5) is 37.8. The predicted octanol–water partition coefficient (Wildman–Crippen LogP) is 16.0. The lowest BCUT2D eigenvalue weighted by Gasteiger charge is -2.18. The maximum Gasteiger partial charge on any atom is 0.306 e. The summed E-state index contributed by atoms with van der Waals surface area (Å²) in [7, 11) is 0. The Kier molecular flexibility index (Phi) is 45.5. The summed E-state index contributed by atoms with van der Waals surface area (Å²) < 4.78 is 16.7. The third-order valence-corrected chi connectivity index (χ3v) is 10.1. The van der Waals surface area contributed by atoms with Gasteiger partial charge in [0.2, 0.25) is 0 Å². The lowest BCUT2D eigenvalue weighted by Crippen LogP contribution is -2.30.